The average molecular weight is 379 g/mol. The maximum absolute atomic E-state index is 12.0. The molecule has 1 aliphatic rings. The van der Waals surface area contributed by atoms with Gasteiger partial charge in [-0.1, -0.05) is 23.7 Å². The van der Waals surface area contributed by atoms with Crippen molar-refractivity contribution in [3.05, 3.63) is 40.4 Å². The second kappa shape index (κ2) is 8.17. The number of carbonyl (C=O) groups excluding carboxylic acids is 1. The van der Waals surface area contributed by atoms with E-state index < -0.39 is 0 Å². The molecule has 0 radical (unpaired) electrons. The van der Waals surface area contributed by atoms with Gasteiger partial charge in [-0.25, -0.2) is 9.78 Å². The third-order valence-corrected chi connectivity index (χ3v) is 5.29. The van der Waals surface area contributed by atoms with Crippen LogP contribution in [0.5, 0.6) is 0 Å². The number of nitrogens with zero attached hydrogens (tertiary/aromatic N) is 3. The Balaban J connectivity index is 1.53. The lowest BCUT2D eigenvalue weighted by Gasteiger charge is -2.34. The quantitative estimate of drug-likeness (QED) is 0.882. The number of aromatic nitrogens is 1. The number of piperazine rings is 1. The van der Waals surface area contributed by atoms with Crippen LogP contribution >= 0.6 is 22.9 Å². The number of urea groups is 1. The molecule has 0 unspecified atom stereocenters. The molecular weight excluding hydrogens is 356 g/mol. The summed E-state index contributed by atoms with van der Waals surface area (Å²) < 4.78 is 0. The summed E-state index contributed by atoms with van der Waals surface area (Å²) in [6.45, 7) is 8.05. The van der Waals surface area contributed by atoms with Gasteiger partial charge < -0.3 is 10.2 Å². The number of benzene rings is 1. The fraction of sp³-hybridized carbons (Fsp3) is 0.444. The van der Waals surface area contributed by atoms with Crippen LogP contribution in [-0.2, 0) is 6.54 Å². The fourth-order valence-corrected chi connectivity index (χ4v) is 3.72. The second-order valence-corrected chi connectivity index (χ2v) is 7.81. The predicted octanol–water partition coefficient (Wildman–Crippen LogP) is 3.70. The van der Waals surface area contributed by atoms with Gasteiger partial charge in [-0.05, 0) is 26.0 Å². The van der Waals surface area contributed by atoms with Crippen LogP contribution < -0.4 is 5.32 Å². The van der Waals surface area contributed by atoms with E-state index in [0.29, 0.717) is 0 Å². The van der Waals surface area contributed by atoms with E-state index in [9.17, 15) is 4.79 Å². The Kier molecular flexibility index (Phi) is 5.93. The van der Waals surface area contributed by atoms with Gasteiger partial charge in [0.15, 0.2) is 0 Å². The maximum Gasteiger partial charge on any atom is 0.317 e. The van der Waals surface area contributed by atoms with Gasteiger partial charge in [0.2, 0.25) is 0 Å². The monoisotopic (exact) mass is 378 g/mol. The molecular formula is C18H23ClN4OS. The average Bonchev–Trinajstić information content (AvgIpc) is 3.04. The van der Waals surface area contributed by atoms with Crippen molar-refractivity contribution in [1.82, 2.24) is 20.1 Å². The standard InChI is InChI=1S/C18H23ClN4OS/c1-13(2)20-18(24)23-9-7-22(8-10-23)11-16-12-25-17(21-16)14-3-5-15(19)6-4-14/h3-6,12-13H,7-11H2,1-2H3,(H,20,24). The Labute approximate surface area is 157 Å². The van der Waals surface area contributed by atoms with Crippen molar-refractivity contribution in [2.24, 2.45) is 0 Å². The number of carbonyl (C=O) groups is 1. The van der Waals surface area contributed by atoms with E-state index in [0.717, 1.165) is 54.0 Å². The molecule has 1 fully saturated rings. The summed E-state index contributed by atoms with van der Waals surface area (Å²) in [5.74, 6) is 0. The summed E-state index contributed by atoms with van der Waals surface area (Å²) in [5, 5.41) is 6.82. The maximum atomic E-state index is 12.0. The molecule has 0 spiro atoms. The molecule has 0 atom stereocenters. The van der Waals surface area contributed by atoms with Crippen LogP contribution in [-0.4, -0.2) is 53.0 Å². The number of halogens is 1. The molecule has 134 valence electrons. The van der Waals surface area contributed by atoms with Crippen LogP contribution in [0, 0.1) is 0 Å². The summed E-state index contributed by atoms with van der Waals surface area (Å²) in [5.41, 5.74) is 2.17. The Hall–Kier alpha value is -1.63. The van der Waals surface area contributed by atoms with Gasteiger partial charge in [0.05, 0.1) is 5.69 Å². The summed E-state index contributed by atoms with van der Waals surface area (Å²) in [6.07, 6.45) is 0. The van der Waals surface area contributed by atoms with Crippen molar-refractivity contribution in [2.45, 2.75) is 26.4 Å². The van der Waals surface area contributed by atoms with Crippen LogP contribution in [0.1, 0.15) is 19.5 Å². The van der Waals surface area contributed by atoms with Crippen molar-refractivity contribution in [2.75, 3.05) is 26.2 Å². The van der Waals surface area contributed by atoms with Gasteiger partial charge in [0, 0.05) is 54.7 Å². The minimum Gasteiger partial charge on any atom is -0.336 e. The summed E-state index contributed by atoms with van der Waals surface area (Å²) in [7, 11) is 0. The summed E-state index contributed by atoms with van der Waals surface area (Å²) >= 11 is 7.59. The van der Waals surface area contributed by atoms with E-state index in [-0.39, 0.29) is 12.1 Å². The molecule has 1 N–H and O–H groups in total. The zero-order valence-corrected chi connectivity index (χ0v) is 16.1. The van der Waals surface area contributed by atoms with Gasteiger partial charge in [-0.2, -0.15) is 0 Å². The molecule has 0 saturated carbocycles. The molecule has 2 aromatic rings. The zero-order valence-electron chi connectivity index (χ0n) is 14.5. The predicted molar refractivity (Wildman–Crippen MR) is 103 cm³/mol. The third-order valence-electron chi connectivity index (χ3n) is 4.10. The molecule has 25 heavy (non-hydrogen) atoms. The molecule has 5 nitrogen and oxygen atoms in total. The lowest BCUT2D eigenvalue weighted by Crippen LogP contribution is -2.52. The number of nitrogens with one attached hydrogen (secondary N) is 1. The fourth-order valence-electron chi connectivity index (χ4n) is 2.78. The highest BCUT2D eigenvalue weighted by atomic mass is 35.5. The highest BCUT2D eigenvalue weighted by Crippen LogP contribution is 2.25. The molecule has 2 amide bonds. The van der Waals surface area contributed by atoms with E-state index in [4.69, 9.17) is 16.6 Å². The second-order valence-electron chi connectivity index (χ2n) is 6.52. The van der Waals surface area contributed by atoms with Crippen LogP contribution in [0.15, 0.2) is 29.6 Å². The highest BCUT2D eigenvalue weighted by Gasteiger charge is 2.22. The SMILES string of the molecule is CC(C)NC(=O)N1CCN(Cc2csc(-c3ccc(Cl)cc3)n2)CC1. The van der Waals surface area contributed by atoms with E-state index in [1.807, 2.05) is 43.0 Å². The first kappa shape index (κ1) is 18.2. The Bertz CT molecular complexity index is 708. The highest BCUT2D eigenvalue weighted by molar-refractivity contribution is 7.13. The van der Waals surface area contributed by atoms with E-state index in [1.165, 1.54) is 0 Å². The number of hydrogen-bond acceptors (Lipinski definition) is 4. The molecule has 1 aliphatic heterocycles. The lowest BCUT2D eigenvalue weighted by molar-refractivity contribution is 0.133. The first-order valence-electron chi connectivity index (χ1n) is 8.49. The number of hydrogen-bond donors (Lipinski definition) is 1. The minimum atomic E-state index is 0.0355. The number of rotatable bonds is 4. The lowest BCUT2D eigenvalue weighted by atomic mass is 10.2. The smallest absolute Gasteiger partial charge is 0.317 e. The number of thiazole rings is 1. The molecule has 0 aliphatic carbocycles. The van der Waals surface area contributed by atoms with Gasteiger partial charge >= 0.3 is 6.03 Å². The largest absolute Gasteiger partial charge is 0.336 e. The molecule has 7 heteroatoms. The van der Waals surface area contributed by atoms with Crippen LogP contribution in [0.4, 0.5) is 4.79 Å². The zero-order chi connectivity index (χ0) is 17.8. The summed E-state index contributed by atoms with van der Waals surface area (Å²) in [6, 6.07) is 7.98. The first-order chi connectivity index (χ1) is 12.0. The van der Waals surface area contributed by atoms with Crippen LogP contribution in [0.3, 0.4) is 0 Å². The molecule has 3 rings (SSSR count). The van der Waals surface area contributed by atoms with Gasteiger partial charge in [0.1, 0.15) is 5.01 Å². The molecule has 1 aromatic heterocycles. The van der Waals surface area contributed by atoms with Crippen LogP contribution in [0.2, 0.25) is 5.02 Å². The Morgan fingerprint density at radius 3 is 2.56 bits per heavy atom. The van der Waals surface area contributed by atoms with E-state index >= 15 is 0 Å². The summed E-state index contributed by atoms with van der Waals surface area (Å²) in [4.78, 5) is 21.0. The van der Waals surface area contributed by atoms with Crippen molar-refractivity contribution in [3.63, 3.8) is 0 Å². The van der Waals surface area contributed by atoms with Crippen molar-refractivity contribution in [3.8, 4) is 10.6 Å². The van der Waals surface area contributed by atoms with Crippen LogP contribution in [0.25, 0.3) is 10.6 Å². The molecule has 1 saturated heterocycles. The van der Waals surface area contributed by atoms with E-state index in [1.54, 1.807) is 11.3 Å². The van der Waals surface area contributed by atoms with Gasteiger partial charge in [-0.15, -0.1) is 11.3 Å². The Morgan fingerprint density at radius 2 is 1.92 bits per heavy atom. The van der Waals surface area contributed by atoms with Gasteiger partial charge in [-0.3, -0.25) is 4.90 Å². The normalized spacial score (nSPS) is 15.6. The van der Waals surface area contributed by atoms with E-state index in [2.05, 4.69) is 15.6 Å². The Morgan fingerprint density at radius 1 is 1.24 bits per heavy atom. The third kappa shape index (κ3) is 4.93. The first-order valence-corrected chi connectivity index (χ1v) is 9.75. The molecule has 1 aromatic carbocycles. The van der Waals surface area contributed by atoms with Crippen molar-refractivity contribution >= 4 is 29.0 Å². The number of amides is 2. The van der Waals surface area contributed by atoms with Crippen molar-refractivity contribution in [1.29, 1.82) is 0 Å². The minimum absolute atomic E-state index is 0.0355. The van der Waals surface area contributed by atoms with Crippen molar-refractivity contribution < 1.29 is 4.79 Å². The molecule has 2 heterocycles. The van der Waals surface area contributed by atoms with Gasteiger partial charge in [0.25, 0.3) is 0 Å². The topological polar surface area (TPSA) is 48.5 Å². The molecule has 0 bridgehead atoms.